The maximum atomic E-state index is 5.69. The first kappa shape index (κ1) is 20.2. The summed E-state index contributed by atoms with van der Waals surface area (Å²) in [6, 6.07) is 8.44. The van der Waals surface area contributed by atoms with Crippen molar-refractivity contribution >= 4 is 28.2 Å². The summed E-state index contributed by atoms with van der Waals surface area (Å²) in [4.78, 5) is 17.2. The predicted octanol–water partition coefficient (Wildman–Crippen LogP) is 3.53. The smallest absolute Gasteiger partial charge is 0.135 e. The average Bonchev–Trinajstić information content (AvgIpc) is 3.25. The van der Waals surface area contributed by atoms with E-state index in [1.807, 2.05) is 30.4 Å². The Morgan fingerprint density at radius 2 is 1.86 bits per heavy atom. The number of pyridine rings is 2. The lowest BCUT2D eigenvalue weighted by atomic mass is 10.2. The quantitative estimate of drug-likeness (QED) is 0.690. The molecule has 0 atom stereocenters. The molecule has 0 aromatic carbocycles. The van der Waals surface area contributed by atoms with E-state index in [9.17, 15) is 0 Å². The summed E-state index contributed by atoms with van der Waals surface area (Å²) >= 11 is 1.84. The molecule has 0 N–H and O–H groups in total. The SMILES string of the molecule is CC(C)OCCN1CCN(c2ccnc(N3C=C(c4ccncc4)SC3)c2)CC1. The van der Waals surface area contributed by atoms with Crippen molar-refractivity contribution in [3.8, 4) is 0 Å². The Labute approximate surface area is 177 Å². The Balaban J connectivity index is 1.36. The van der Waals surface area contributed by atoms with Crippen molar-refractivity contribution in [3.05, 3.63) is 54.6 Å². The van der Waals surface area contributed by atoms with Crippen molar-refractivity contribution in [1.29, 1.82) is 0 Å². The molecule has 0 saturated carbocycles. The van der Waals surface area contributed by atoms with E-state index in [0.29, 0.717) is 6.10 Å². The van der Waals surface area contributed by atoms with Crippen molar-refractivity contribution in [2.45, 2.75) is 20.0 Å². The van der Waals surface area contributed by atoms with Crippen LogP contribution in [0.2, 0.25) is 0 Å². The Hall–Kier alpha value is -2.09. The fourth-order valence-corrected chi connectivity index (χ4v) is 4.56. The normalized spacial score (nSPS) is 17.8. The van der Waals surface area contributed by atoms with Gasteiger partial charge in [-0.25, -0.2) is 4.98 Å². The van der Waals surface area contributed by atoms with E-state index < -0.39 is 0 Å². The summed E-state index contributed by atoms with van der Waals surface area (Å²) in [5, 5.41) is 0. The van der Waals surface area contributed by atoms with Crippen LogP contribution in [0.5, 0.6) is 0 Å². The lowest BCUT2D eigenvalue weighted by Gasteiger charge is -2.36. The van der Waals surface area contributed by atoms with Crippen LogP contribution >= 0.6 is 11.8 Å². The molecule has 6 nitrogen and oxygen atoms in total. The van der Waals surface area contributed by atoms with Crippen LogP contribution in [0.3, 0.4) is 0 Å². The molecule has 2 aliphatic heterocycles. The van der Waals surface area contributed by atoms with Crippen molar-refractivity contribution in [3.63, 3.8) is 0 Å². The standard InChI is InChI=1S/C22H29N5OS/c1-18(2)28-14-13-25-9-11-26(12-10-25)20-5-8-24-22(15-20)27-16-21(29-17-27)19-3-6-23-7-4-19/h3-8,15-16,18H,9-14,17H2,1-2H3. The highest BCUT2D eigenvalue weighted by molar-refractivity contribution is 8.08. The molecule has 7 heteroatoms. The van der Waals surface area contributed by atoms with Gasteiger partial charge in [-0.15, -0.1) is 11.8 Å². The number of hydrogen-bond acceptors (Lipinski definition) is 7. The Morgan fingerprint density at radius 3 is 2.62 bits per heavy atom. The Kier molecular flexibility index (Phi) is 6.69. The molecule has 4 rings (SSSR count). The number of ether oxygens (including phenoxy) is 1. The van der Waals surface area contributed by atoms with Crippen LogP contribution in [0.4, 0.5) is 11.5 Å². The topological polar surface area (TPSA) is 44.7 Å². The second-order valence-corrected chi connectivity index (χ2v) is 8.58. The highest BCUT2D eigenvalue weighted by Gasteiger charge is 2.20. The van der Waals surface area contributed by atoms with E-state index in [2.05, 4.69) is 69.0 Å². The minimum atomic E-state index is 0.309. The van der Waals surface area contributed by atoms with Crippen molar-refractivity contribution in [2.75, 3.05) is 55.0 Å². The van der Waals surface area contributed by atoms with Gasteiger partial charge in [-0.3, -0.25) is 9.88 Å². The van der Waals surface area contributed by atoms with E-state index >= 15 is 0 Å². The zero-order valence-electron chi connectivity index (χ0n) is 17.2. The Morgan fingerprint density at radius 1 is 1.07 bits per heavy atom. The van der Waals surface area contributed by atoms with E-state index in [4.69, 9.17) is 4.74 Å². The van der Waals surface area contributed by atoms with Crippen molar-refractivity contribution in [2.24, 2.45) is 0 Å². The molecule has 1 fully saturated rings. The van der Waals surface area contributed by atoms with Crippen molar-refractivity contribution < 1.29 is 4.74 Å². The minimum absolute atomic E-state index is 0.309. The lowest BCUT2D eigenvalue weighted by molar-refractivity contribution is 0.0579. The second kappa shape index (κ2) is 9.61. The summed E-state index contributed by atoms with van der Waals surface area (Å²) in [5.41, 5.74) is 2.46. The minimum Gasteiger partial charge on any atom is -0.377 e. The van der Waals surface area contributed by atoms with E-state index in [-0.39, 0.29) is 0 Å². The van der Waals surface area contributed by atoms with Gasteiger partial charge in [0, 0.05) is 74.2 Å². The number of hydrogen-bond donors (Lipinski definition) is 0. The van der Waals surface area contributed by atoms with E-state index in [1.165, 1.54) is 16.2 Å². The molecular weight excluding hydrogens is 382 g/mol. The molecular formula is C22H29N5OS. The monoisotopic (exact) mass is 411 g/mol. The number of rotatable bonds is 7. The third-order valence-corrected chi connectivity index (χ3v) is 6.28. The molecule has 2 aromatic rings. The van der Waals surface area contributed by atoms with Gasteiger partial charge < -0.3 is 14.5 Å². The number of aromatic nitrogens is 2. The second-order valence-electron chi connectivity index (χ2n) is 7.59. The van der Waals surface area contributed by atoms with Gasteiger partial charge in [-0.2, -0.15) is 0 Å². The van der Waals surface area contributed by atoms with Gasteiger partial charge in [0.2, 0.25) is 0 Å². The zero-order chi connectivity index (χ0) is 20.1. The molecule has 0 bridgehead atoms. The zero-order valence-corrected chi connectivity index (χ0v) is 18.0. The van der Waals surface area contributed by atoms with E-state index in [0.717, 1.165) is 51.0 Å². The molecule has 0 radical (unpaired) electrons. The van der Waals surface area contributed by atoms with Gasteiger partial charge in [0.15, 0.2) is 0 Å². The summed E-state index contributed by atoms with van der Waals surface area (Å²) in [6.45, 7) is 10.2. The van der Waals surface area contributed by atoms with Crippen LogP contribution in [0, 0.1) is 0 Å². The Bertz CT molecular complexity index is 821. The maximum absolute atomic E-state index is 5.69. The van der Waals surface area contributed by atoms with Crippen molar-refractivity contribution in [1.82, 2.24) is 14.9 Å². The highest BCUT2D eigenvalue weighted by Crippen LogP contribution is 2.36. The molecule has 0 amide bonds. The van der Waals surface area contributed by atoms with Gasteiger partial charge in [0.1, 0.15) is 5.82 Å². The number of anilines is 2. The number of thioether (sulfide) groups is 1. The molecule has 0 aliphatic carbocycles. The summed E-state index contributed by atoms with van der Waals surface area (Å²) in [6.07, 6.45) is 8.11. The summed E-state index contributed by atoms with van der Waals surface area (Å²) < 4.78 is 5.69. The molecule has 0 spiro atoms. The summed E-state index contributed by atoms with van der Waals surface area (Å²) in [5.74, 6) is 1.89. The molecule has 1 saturated heterocycles. The molecule has 0 unspecified atom stereocenters. The first-order valence-corrected chi connectivity index (χ1v) is 11.2. The van der Waals surface area contributed by atoms with Crippen LogP contribution < -0.4 is 9.80 Å². The van der Waals surface area contributed by atoms with Gasteiger partial charge in [0.25, 0.3) is 0 Å². The lowest BCUT2D eigenvalue weighted by Crippen LogP contribution is -2.47. The van der Waals surface area contributed by atoms with Gasteiger partial charge in [0.05, 0.1) is 18.6 Å². The van der Waals surface area contributed by atoms with Crippen LogP contribution in [0.25, 0.3) is 4.91 Å². The molecule has 29 heavy (non-hydrogen) atoms. The molecule has 2 aliphatic rings. The number of piperazine rings is 1. The molecule has 2 aromatic heterocycles. The molecule has 4 heterocycles. The maximum Gasteiger partial charge on any atom is 0.135 e. The van der Waals surface area contributed by atoms with Crippen LogP contribution in [-0.2, 0) is 4.74 Å². The number of nitrogens with zero attached hydrogens (tertiary/aromatic N) is 5. The fourth-order valence-electron chi connectivity index (χ4n) is 3.57. The van der Waals surface area contributed by atoms with Crippen LogP contribution in [-0.4, -0.2) is 66.2 Å². The first-order valence-electron chi connectivity index (χ1n) is 10.3. The largest absolute Gasteiger partial charge is 0.377 e. The fraction of sp³-hybridized carbons (Fsp3) is 0.455. The van der Waals surface area contributed by atoms with Gasteiger partial charge >= 0.3 is 0 Å². The summed E-state index contributed by atoms with van der Waals surface area (Å²) in [7, 11) is 0. The third-order valence-electron chi connectivity index (χ3n) is 5.22. The highest BCUT2D eigenvalue weighted by atomic mass is 32.2. The first-order chi connectivity index (χ1) is 14.2. The van der Waals surface area contributed by atoms with Gasteiger partial charge in [-0.05, 0) is 37.6 Å². The average molecular weight is 412 g/mol. The predicted molar refractivity (Wildman–Crippen MR) is 121 cm³/mol. The van der Waals surface area contributed by atoms with Crippen LogP contribution in [0.1, 0.15) is 19.4 Å². The van der Waals surface area contributed by atoms with Crippen LogP contribution in [0.15, 0.2) is 49.1 Å². The van der Waals surface area contributed by atoms with E-state index in [1.54, 1.807) is 0 Å². The molecule has 154 valence electrons. The van der Waals surface area contributed by atoms with Gasteiger partial charge in [-0.1, -0.05) is 0 Å². The third kappa shape index (κ3) is 5.29.